The quantitative estimate of drug-likeness (QED) is 0.901. The first kappa shape index (κ1) is 17.0. The molecule has 1 aromatic carbocycles. The minimum absolute atomic E-state index is 0.0337. The normalized spacial score (nSPS) is 13.2. The molecule has 0 saturated carbocycles. The molecule has 1 atom stereocenters. The largest absolute Gasteiger partial charge is 0.417 e. The first-order chi connectivity index (χ1) is 9.12. The van der Waals surface area contributed by atoms with E-state index in [9.17, 15) is 18.0 Å². The average molecular weight is 354 g/mol. The summed E-state index contributed by atoms with van der Waals surface area (Å²) >= 11 is 2.82. The molecule has 0 spiro atoms. The molecule has 0 heterocycles. The van der Waals surface area contributed by atoms with Crippen molar-refractivity contribution in [2.24, 2.45) is 0 Å². The summed E-state index contributed by atoms with van der Waals surface area (Å²) in [7, 11) is 1.49. The Morgan fingerprint density at radius 3 is 2.55 bits per heavy atom. The Labute approximate surface area is 123 Å². The summed E-state index contributed by atoms with van der Waals surface area (Å²) in [6.07, 6.45) is -4.72. The van der Waals surface area contributed by atoms with Gasteiger partial charge < -0.3 is 10.0 Å². The molecule has 1 aromatic rings. The SMILES string of the molecule is CC(O)CCN(C)C(=O)c1ccc(Br)c(C(F)(F)F)c1. The molecule has 1 N–H and O–H groups in total. The lowest BCUT2D eigenvalue weighted by Gasteiger charge is -2.19. The highest BCUT2D eigenvalue weighted by molar-refractivity contribution is 9.10. The van der Waals surface area contributed by atoms with E-state index in [0.717, 1.165) is 6.07 Å². The molecule has 3 nitrogen and oxygen atoms in total. The van der Waals surface area contributed by atoms with Crippen molar-refractivity contribution in [1.82, 2.24) is 4.90 Å². The van der Waals surface area contributed by atoms with Crippen molar-refractivity contribution in [3.8, 4) is 0 Å². The highest BCUT2D eigenvalue weighted by Gasteiger charge is 2.33. The Bertz CT molecular complexity index is 489. The van der Waals surface area contributed by atoms with Crippen molar-refractivity contribution in [1.29, 1.82) is 0 Å². The lowest BCUT2D eigenvalue weighted by atomic mass is 10.1. The number of alkyl halides is 3. The summed E-state index contributed by atoms with van der Waals surface area (Å²) < 4.78 is 38.2. The molecular formula is C13H15BrF3NO2. The van der Waals surface area contributed by atoms with Gasteiger partial charge in [0, 0.05) is 23.6 Å². The molecule has 0 radical (unpaired) electrons. The van der Waals surface area contributed by atoms with Crippen LogP contribution in [-0.4, -0.2) is 35.6 Å². The van der Waals surface area contributed by atoms with Crippen LogP contribution in [-0.2, 0) is 6.18 Å². The van der Waals surface area contributed by atoms with E-state index in [2.05, 4.69) is 15.9 Å². The zero-order valence-corrected chi connectivity index (χ0v) is 12.6. The van der Waals surface area contributed by atoms with Crippen LogP contribution < -0.4 is 0 Å². The third-order valence-electron chi connectivity index (χ3n) is 2.75. The minimum atomic E-state index is -4.52. The van der Waals surface area contributed by atoms with Gasteiger partial charge in [0.15, 0.2) is 0 Å². The van der Waals surface area contributed by atoms with Crippen molar-refractivity contribution in [2.75, 3.05) is 13.6 Å². The molecule has 0 aromatic heterocycles. The number of benzene rings is 1. The van der Waals surface area contributed by atoms with Gasteiger partial charge in [-0.2, -0.15) is 13.2 Å². The summed E-state index contributed by atoms with van der Waals surface area (Å²) in [6, 6.07) is 3.37. The molecule has 1 unspecified atom stereocenters. The zero-order valence-electron chi connectivity index (χ0n) is 11.0. The van der Waals surface area contributed by atoms with Crippen molar-refractivity contribution < 1.29 is 23.1 Å². The molecule has 0 aliphatic carbocycles. The van der Waals surface area contributed by atoms with E-state index in [1.165, 1.54) is 24.1 Å². The molecule has 0 saturated heterocycles. The standard InChI is InChI=1S/C13H15BrF3NO2/c1-8(19)5-6-18(2)12(20)9-3-4-11(14)10(7-9)13(15,16)17/h3-4,7-8,19H,5-6H2,1-2H3. The Morgan fingerprint density at radius 1 is 1.45 bits per heavy atom. The van der Waals surface area contributed by atoms with Crippen LogP contribution in [0.5, 0.6) is 0 Å². The molecule has 20 heavy (non-hydrogen) atoms. The highest BCUT2D eigenvalue weighted by Crippen LogP contribution is 2.35. The molecule has 0 aliphatic heterocycles. The third-order valence-corrected chi connectivity index (χ3v) is 3.44. The van der Waals surface area contributed by atoms with Crippen molar-refractivity contribution in [2.45, 2.75) is 25.6 Å². The first-order valence-electron chi connectivity index (χ1n) is 5.93. The highest BCUT2D eigenvalue weighted by atomic mass is 79.9. The van der Waals surface area contributed by atoms with Gasteiger partial charge in [-0.15, -0.1) is 0 Å². The monoisotopic (exact) mass is 353 g/mol. The van der Waals surface area contributed by atoms with E-state index < -0.39 is 23.8 Å². The Kier molecular flexibility index (Phi) is 5.59. The van der Waals surface area contributed by atoms with E-state index >= 15 is 0 Å². The maximum Gasteiger partial charge on any atom is 0.417 e. The van der Waals surface area contributed by atoms with Gasteiger partial charge in [0.05, 0.1) is 11.7 Å². The van der Waals surface area contributed by atoms with Gasteiger partial charge in [-0.05, 0) is 31.5 Å². The molecule has 0 bridgehead atoms. The minimum Gasteiger partial charge on any atom is -0.393 e. The van der Waals surface area contributed by atoms with Crippen LogP contribution >= 0.6 is 15.9 Å². The van der Waals surface area contributed by atoms with E-state index in [4.69, 9.17) is 5.11 Å². The molecule has 1 rings (SSSR count). The number of carbonyl (C=O) groups excluding carboxylic acids is 1. The predicted octanol–water partition coefficient (Wildman–Crippen LogP) is 3.31. The van der Waals surface area contributed by atoms with Crippen LogP contribution in [0.15, 0.2) is 22.7 Å². The van der Waals surface area contributed by atoms with Gasteiger partial charge in [-0.25, -0.2) is 0 Å². The number of aliphatic hydroxyl groups excluding tert-OH is 1. The summed E-state index contributed by atoms with van der Waals surface area (Å²) in [5.74, 6) is -0.511. The Balaban J connectivity index is 2.94. The van der Waals surface area contributed by atoms with Crippen molar-refractivity contribution >= 4 is 21.8 Å². The molecule has 7 heteroatoms. The maximum atomic E-state index is 12.8. The fraction of sp³-hybridized carbons (Fsp3) is 0.462. The van der Waals surface area contributed by atoms with Gasteiger partial charge >= 0.3 is 6.18 Å². The smallest absolute Gasteiger partial charge is 0.393 e. The number of hydrogen-bond donors (Lipinski definition) is 1. The fourth-order valence-corrected chi connectivity index (χ4v) is 2.05. The summed E-state index contributed by atoms with van der Waals surface area (Å²) in [4.78, 5) is 13.3. The van der Waals surface area contributed by atoms with E-state index in [-0.39, 0.29) is 16.6 Å². The van der Waals surface area contributed by atoms with Crippen LogP contribution in [0.2, 0.25) is 0 Å². The second-order valence-electron chi connectivity index (χ2n) is 4.56. The van der Waals surface area contributed by atoms with Gasteiger partial charge in [0.25, 0.3) is 5.91 Å². The summed E-state index contributed by atoms with van der Waals surface area (Å²) in [6.45, 7) is 1.85. The van der Waals surface area contributed by atoms with Crippen LogP contribution in [0.4, 0.5) is 13.2 Å². The molecular weight excluding hydrogens is 339 g/mol. The van der Waals surface area contributed by atoms with Crippen LogP contribution in [0.3, 0.4) is 0 Å². The van der Waals surface area contributed by atoms with E-state index in [0.29, 0.717) is 6.42 Å². The number of aliphatic hydroxyl groups is 1. The number of amides is 1. The second-order valence-corrected chi connectivity index (χ2v) is 5.41. The number of nitrogens with zero attached hydrogens (tertiary/aromatic N) is 1. The van der Waals surface area contributed by atoms with Gasteiger partial charge in [-0.3, -0.25) is 4.79 Å². The summed E-state index contributed by atoms with van der Waals surface area (Å²) in [5, 5.41) is 9.15. The second kappa shape index (κ2) is 6.58. The number of hydrogen-bond acceptors (Lipinski definition) is 2. The first-order valence-corrected chi connectivity index (χ1v) is 6.72. The maximum absolute atomic E-state index is 12.8. The van der Waals surface area contributed by atoms with Gasteiger partial charge in [0.1, 0.15) is 0 Å². The van der Waals surface area contributed by atoms with Crippen LogP contribution in [0, 0.1) is 0 Å². The van der Waals surface area contributed by atoms with Gasteiger partial charge in [-0.1, -0.05) is 15.9 Å². The fourth-order valence-electron chi connectivity index (χ4n) is 1.58. The Morgan fingerprint density at radius 2 is 2.05 bits per heavy atom. The molecule has 1 amide bonds. The molecule has 112 valence electrons. The number of halogens is 4. The van der Waals surface area contributed by atoms with Crippen molar-refractivity contribution in [3.63, 3.8) is 0 Å². The van der Waals surface area contributed by atoms with Crippen LogP contribution in [0.25, 0.3) is 0 Å². The topological polar surface area (TPSA) is 40.5 Å². The predicted molar refractivity (Wildman–Crippen MR) is 72.4 cm³/mol. The summed E-state index contributed by atoms with van der Waals surface area (Å²) in [5.41, 5.74) is -0.916. The zero-order chi connectivity index (χ0) is 15.5. The third kappa shape index (κ3) is 4.49. The van der Waals surface area contributed by atoms with Gasteiger partial charge in [0.2, 0.25) is 0 Å². The lowest BCUT2D eigenvalue weighted by molar-refractivity contribution is -0.138. The number of carbonyl (C=O) groups is 1. The van der Waals surface area contributed by atoms with Crippen molar-refractivity contribution in [3.05, 3.63) is 33.8 Å². The molecule has 0 aliphatic rings. The van der Waals surface area contributed by atoms with E-state index in [1.54, 1.807) is 6.92 Å². The lowest BCUT2D eigenvalue weighted by Crippen LogP contribution is -2.29. The van der Waals surface area contributed by atoms with Crippen LogP contribution in [0.1, 0.15) is 29.3 Å². The Hall–Kier alpha value is -1.08. The molecule has 0 fully saturated rings. The average Bonchev–Trinajstić information content (AvgIpc) is 2.34. The number of rotatable bonds is 4. The van der Waals surface area contributed by atoms with E-state index in [1.807, 2.05) is 0 Å².